The molecule has 0 aromatic heterocycles. The number of nitrogens with zero attached hydrogens (tertiary/aromatic N) is 1. The maximum atomic E-state index is 5.26. The molecule has 1 unspecified atom stereocenters. The van der Waals surface area contributed by atoms with Gasteiger partial charge in [0.25, 0.3) is 0 Å². The minimum Gasteiger partial charge on any atom is -0.354 e. The van der Waals surface area contributed by atoms with Crippen molar-refractivity contribution < 1.29 is 9.47 Å². The molecule has 0 aliphatic carbocycles. The number of likely N-dealkylation sites (tertiary alicyclic amines) is 1. The highest BCUT2D eigenvalue weighted by Crippen LogP contribution is 2.29. The van der Waals surface area contributed by atoms with Crippen LogP contribution in [0.1, 0.15) is 26.7 Å². The lowest BCUT2D eigenvalue weighted by atomic mass is 9.80. The molecule has 0 spiro atoms. The molecule has 1 aliphatic heterocycles. The smallest absolute Gasteiger partial charge is 0.171 e. The van der Waals surface area contributed by atoms with Gasteiger partial charge in [0, 0.05) is 20.8 Å². The van der Waals surface area contributed by atoms with E-state index < -0.39 is 0 Å². The van der Waals surface area contributed by atoms with Crippen molar-refractivity contribution in [3.63, 3.8) is 0 Å². The van der Waals surface area contributed by atoms with Crippen molar-refractivity contribution in [2.75, 3.05) is 40.9 Å². The third kappa shape index (κ3) is 4.54. The van der Waals surface area contributed by atoms with Crippen LogP contribution in [0.3, 0.4) is 0 Å². The standard InChI is InChI=1S/C13H28N2O2/c1-11(12(16-4)17-5)14-10-13(2)6-8-15(3)9-7-13/h11-12,14H,6-10H2,1-5H3. The van der Waals surface area contributed by atoms with E-state index in [1.807, 2.05) is 0 Å². The highest BCUT2D eigenvalue weighted by molar-refractivity contribution is 4.84. The van der Waals surface area contributed by atoms with Gasteiger partial charge in [0.1, 0.15) is 0 Å². The highest BCUT2D eigenvalue weighted by Gasteiger charge is 2.29. The summed E-state index contributed by atoms with van der Waals surface area (Å²) in [5.74, 6) is 0. The number of piperidine rings is 1. The molecule has 1 aliphatic rings. The van der Waals surface area contributed by atoms with Crippen molar-refractivity contribution in [1.29, 1.82) is 0 Å². The van der Waals surface area contributed by atoms with Crippen molar-refractivity contribution in [3.8, 4) is 0 Å². The first kappa shape index (κ1) is 14.9. The Morgan fingerprint density at radius 2 is 1.76 bits per heavy atom. The summed E-state index contributed by atoms with van der Waals surface area (Å²) < 4.78 is 10.5. The molecule has 1 fully saturated rings. The molecule has 17 heavy (non-hydrogen) atoms. The van der Waals surface area contributed by atoms with E-state index in [1.165, 1.54) is 25.9 Å². The predicted octanol–water partition coefficient (Wildman–Crippen LogP) is 1.32. The van der Waals surface area contributed by atoms with Gasteiger partial charge in [0.15, 0.2) is 6.29 Å². The van der Waals surface area contributed by atoms with Crippen LogP contribution in [0.4, 0.5) is 0 Å². The van der Waals surface area contributed by atoms with Crippen LogP contribution in [0.25, 0.3) is 0 Å². The molecule has 0 aromatic carbocycles. The minimum absolute atomic E-state index is 0.162. The van der Waals surface area contributed by atoms with Crippen LogP contribution in [0.2, 0.25) is 0 Å². The largest absolute Gasteiger partial charge is 0.354 e. The molecule has 0 amide bonds. The molecule has 1 atom stereocenters. The van der Waals surface area contributed by atoms with Crippen LogP contribution in [0.5, 0.6) is 0 Å². The average molecular weight is 244 g/mol. The molecule has 0 radical (unpaired) electrons. The van der Waals surface area contributed by atoms with Crippen molar-refractivity contribution in [2.24, 2.45) is 5.41 Å². The monoisotopic (exact) mass is 244 g/mol. The van der Waals surface area contributed by atoms with E-state index in [0.29, 0.717) is 5.41 Å². The predicted molar refractivity (Wildman–Crippen MR) is 70.1 cm³/mol. The molecular formula is C13H28N2O2. The van der Waals surface area contributed by atoms with Crippen molar-refractivity contribution in [1.82, 2.24) is 10.2 Å². The molecule has 102 valence electrons. The summed E-state index contributed by atoms with van der Waals surface area (Å²) in [7, 11) is 5.56. The topological polar surface area (TPSA) is 33.7 Å². The molecule has 0 saturated carbocycles. The SMILES string of the molecule is COC(OC)C(C)NCC1(C)CCN(C)CC1. The number of rotatable bonds is 6. The second-order valence-electron chi connectivity index (χ2n) is 5.62. The summed E-state index contributed by atoms with van der Waals surface area (Å²) in [5, 5.41) is 3.54. The van der Waals surface area contributed by atoms with Crippen LogP contribution in [-0.2, 0) is 9.47 Å². The van der Waals surface area contributed by atoms with Gasteiger partial charge >= 0.3 is 0 Å². The maximum absolute atomic E-state index is 5.26. The number of nitrogens with one attached hydrogen (secondary N) is 1. The number of methoxy groups -OCH3 is 2. The lowest BCUT2D eigenvalue weighted by Gasteiger charge is -2.39. The van der Waals surface area contributed by atoms with Crippen molar-refractivity contribution in [2.45, 2.75) is 39.0 Å². The Morgan fingerprint density at radius 1 is 1.24 bits per heavy atom. The normalized spacial score (nSPS) is 22.9. The second kappa shape index (κ2) is 6.69. The van der Waals surface area contributed by atoms with Gasteiger partial charge in [-0.1, -0.05) is 6.92 Å². The van der Waals surface area contributed by atoms with Crippen LogP contribution >= 0.6 is 0 Å². The first-order chi connectivity index (χ1) is 8.00. The summed E-state index contributed by atoms with van der Waals surface area (Å²) in [5.41, 5.74) is 0.410. The molecule has 1 N–H and O–H groups in total. The lowest BCUT2D eigenvalue weighted by Crippen LogP contribution is -2.47. The van der Waals surface area contributed by atoms with E-state index in [2.05, 4.69) is 31.1 Å². The molecule has 1 heterocycles. The highest BCUT2D eigenvalue weighted by atomic mass is 16.7. The van der Waals surface area contributed by atoms with E-state index in [1.54, 1.807) is 14.2 Å². The van der Waals surface area contributed by atoms with Crippen molar-refractivity contribution in [3.05, 3.63) is 0 Å². The van der Waals surface area contributed by atoms with Crippen LogP contribution in [-0.4, -0.2) is 58.1 Å². The van der Waals surface area contributed by atoms with Gasteiger partial charge in [0.05, 0.1) is 6.04 Å². The summed E-state index contributed by atoms with van der Waals surface area (Å²) >= 11 is 0. The van der Waals surface area contributed by atoms with Gasteiger partial charge in [0.2, 0.25) is 0 Å². The third-order valence-corrected chi connectivity index (χ3v) is 3.92. The van der Waals surface area contributed by atoms with Gasteiger partial charge in [-0.25, -0.2) is 0 Å². The van der Waals surface area contributed by atoms with Gasteiger partial charge in [-0.15, -0.1) is 0 Å². The summed E-state index contributed by atoms with van der Waals surface area (Å²) in [6.07, 6.45) is 2.35. The molecule has 0 bridgehead atoms. The fourth-order valence-electron chi connectivity index (χ4n) is 2.34. The Morgan fingerprint density at radius 3 is 2.24 bits per heavy atom. The average Bonchev–Trinajstić information content (AvgIpc) is 2.33. The first-order valence-corrected chi connectivity index (χ1v) is 6.48. The second-order valence-corrected chi connectivity index (χ2v) is 5.62. The zero-order chi connectivity index (χ0) is 12.9. The summed E-state index contributed by atoms with van der Waals surface area (Å²) in [6.45, 7) is 7.91. The Balaban J connectivity index is 2.34. The Labute approximate surface area is 106 Å². The number of hydrogen-bond donors (Lipinski definition) is 1. The van der Waals surface area contributed by atoms with E-state index >= 15 is 0 Å². The molecule has 4 nitrogen and oxygen atoms in total. The van der Waals surface area contributed by atoms with E-state index in [4.69, 9.17) is 9.47 Å². The Bertz CT molecular complexity index is 211. The first-order valence-electron chi connectivity index (χ1n) is 6.48. The zero-order valence-electron chi connectivity index (χ0n) is 12.0. The fourth-order valence-corrected chi connectivity index (χ4v) is 2.34. The lowest BCUT2D eigenvalue weighted by molar-refractivity contribution is -0.120. The van der Waals surface area contributed by atoms with Gasteiger partial charge in [-0.05, 0) is 45.3 Å². The maximum Gasteiger partial charge on any atom is 0.171 e. The van der Waals surface area contributed by atoms with E-state index in [9.17, 15) is 0 Å². The molecule has 0 aromatic rings. The molecule has 1 rings (SSSR count). The quantitative estimate of drug-likeness (QED) is 0.715. The van der Waals surface area contributed by atoms with Crippen LogP contribution in [0.15, 0.2) is 0 Å². The summed E-state index contributed by atoms with van der Waals surface area (Å²) in [6, 6.07) is 0.224. The van der Waals surface area contributed by atoms with Gasteiger partial charge in [-0.2, -0.15) is 0 Å². The zero-order valence-corrected chi connectivity index (χ0v) is 12.0. The van der Waals surface area contributed by atoms with Gasteiger partial charge < -0.3 is 19.7 Å². The third-order valence-electron chi connectivity index (χ3n) is 3.92. The molecule has 1 saturated heterocycles. The summed E-state index contributed by atoms with van der Waals surface area (Å²) in [4.78, 5) is 2.40. The van der Waals surface area contributed by atoms with Crippen LogP contribution < -0.4 is 5.32 Å². The van der Waals surface area contributed by atoms with E-state index in [0.717, 1.165) is 6.54 Å². The number of hydrogen-bond acceptors (Lipinski definition) is 4. The molecule has 4 heteroatoms. The van der Waals surface area contributed by atoms with E-state index in [-0.39, 0.29) is 12.3 Å². The van der Waals surface area contributed by atoms with Gasteiger partial charge in [-0.3, -0.25) is 0 Å². The fraction of sp³-hybridized carbons (Fsp3) is 1.00. The Hall–Kier alpha value is -0.160. The molecular weight excluding hydrogens is 216 g/mol. The van der Waals surface area contributed by atoms with Crippen LogP contribution in [0, 0.1) is 5.41 Å². The number of ether oxygens (including phenoxy) is 2. The Kier molecular flexibility index (Phi) is 5.86. The van der Waals surface area contributed by atoms with Crippen molar-refractivity contribution >= 4 is 0 Å². The minimum atomic E-state index is -0.162.